The molecule has 0 aromatic heterocycles. The van der Waals surface area contributed by atoms with Crippen molar-refractivity contribution in [3.63, 3.8) is 0 Å². The Morgan fingerprint density at radius 1 is 0.947 bits per heavy atom. The average molecular weight is 382 g/mol. The largest absolute Gasteiger partial charge is 0.478 e. The van der Waals surface area contributed by atoms with Crippen molar-refractivity contribution in [2.45, 2.75) is 9.65 Å². The molecule has 2 aromatic carbocycles. The van der Waals surface area contributed by atoms with Crippen LogP contribution in [0.25, 0.3) is 11.1 Å². The molecule has 0 saturated heterocycles. The smallest absolute Gasteiger partial charge is 0.336 e. The van der Waals surface area contributed by atoms with Crippen LogP contribution in [-0.4, -0.2) is 11.1 Å². The van der Waals surface area contributed by atoms with E-state index < -0.39 is 5.97 Å². The number of aromatic carboxylic acids is 1. The maximum atomic E-state index is 11.4. The van der Waals surface area contributed by atoms with Crippen LogP contribution in [0.1, 0.15) is 31.1 Å². The molecular formula is C15H10Br2O2. The molecule has 0 bridgehead atoms. The summed E-state index contributed by atoms with van der Waals surface area (Å²) in [4.78, 5) is 11.4. The van der Waals surface area contributed by atoms with Crippen molar-refractivity contribution in [2.75, 3.05) is 0 Å². The van der Waals surface area contributed by atoms with Gasteiger partial charge in [0.25, 0.3) is 0 Å². The third-order valence-electron chi connectivity index (χ3n) is 3.42. The Labute approximate surface area is 127 Å². The fourth-order valence-electron chi connectivity index (χ4n) is 2.57. The Bertz CT molecular complexity index is 667. The van der Waals surface area contributed by atoms with Gasteiger partial charge in [-0.2, -0.15) is 0 Å². The molecule has 0 aliphatic heterocycles. The van der Waals surface area contributed by atoms with E-state index in [4.69, 9.17) is 0 Å². The molecular weight excluding hydrogens is 372 g/mol. The molecule has 96 valence electrons. The summed E-state index contributed by atoms with van der Waals surface area (Å²) in [6, 6.07) is 13.5. The van der Waals surface area contributed by atoms with Crippen molar-refractivity contribution in [3.05, 3.63) is 59.2 Å². The van der Waals surface area contributed by atoms with Crippen molar-refractivity contribution < 1.29 is 9.90 Å². The lowest BCUT2D eigenvalue weighted by atomic mass is 9.83. The molecule has 0 unspecified atom stereocenters. The van der Waals surface area contributed by atoms with Crippen LogP contribution < -0.4 is 0 Å². The highest BCUT2D eigenvalue weighted by Crippen LogP contribution is 2.53. The van der Waals surface area contributed by atoms with E-state index in [1.807, 2.05) is 24.3 Å². The van der Waals surface area contributed by atoms with Crippen LogP contribution in [-0.2, 0) is 0 Å². The third-order valence-corrected chi connectivity index (χ3v) is 6.14. The molecule has 2 atom stereocenters. The van der Waals surface area contributed by atoms with E-state index in [1.54, 1.807) is 12.1 Å². The first kappa shape index (κ1) is 12.9. The molecule has 0 saturated carbocycles. The molecule has 0 radical (unpaired) electrons. The molecule has 1 aliphatic carbocycles. The Morgan fingerprint density at radius 2 is 1.63 bits per heavy atom. The van der Waals surface area contributed by atoms with Crippen LogP contribution in [0.5, 0.6) is 0 Å². The Balaban J connectivity index is 2.36. The van der Waals surface area contributed by atoms with E-state index in [0.29, 0.717) is 5.56 Å². The van der Waals surface area contributed by atoms with E-state index in [9.17, 15) is 9.90 Å². The standard InChI is InChI=1S/C15H10Br2O2/c16-13-10-5-2-1-4-8(10)9-6-3-7-11(15(18)19)12(9)14(13)17/h1-7,13-14H,(H,18,19)/t13-,14+/m0/s1. The number of rotatable bonds is 1. The lowest BCUT2D eigenvalue weighted by Gasteiger charge is -2.29. The quantitative estimate of drug-likeness (QED) is 0.710. The number of carboxylic acids is 1. The zero-order valence-corrected chi connectivity index (χ0v) is 13.0. The summed E-state index contributed by atoms with van der Waals surface area (Å²) >= 11 is 7.30. The van der Waals surface area contributed by atoms with E-state index in [2.05, 4.69) is 37.9 Å². The summed E-state index contributed by atoms with van der Waals surface area (Å²) in [6.07, 6.45) is 0. The fourth-order valence-corrected chi connectivity index (χ4v) is 4.01. The second kappa shape index (κ2) is 4.76. The Morgan fingerprint density at radius 3 is 2.37 bits per heavy atom. The minimum Gasteiger partial charge on any atom is -0.478 e. The van der Waals surface area contributed by atoms with E-state index in [-0.39, 0.29) is 9.65 Å². The molecule has 0 heterocycles. The number of hydrogen-bond donors (Lipinski definition) is 1. The average Bonchev–Trinajstić information content (AvgIpc) is 2.44. The first-order chi connectivity index (χ1) is 9.11. The zero-order valence-electron chi connectivity index (χ0n) is 9.81. The van der Waals surface area contributed by atoms with Crippen LogP contribution in [0.4, 0.5) is 0 Å². The summed E-state index contributed by atoms with van der Waals surface area (Å²) in [7, 11) is 0. The summed E-state index contributed by atoms with van der Waals surface area (Å²) in [5, 5.41) is 9.36. The summed E-state index contributed by atoms with van der Waals surface area (Å²) in [6.45, 7) is 0. The highest BCUT2D eigenvalue weighted by molar-refractivity contribution is 9.12. The monoisotopic (exact) mass is 380 g/mol. The molecule has 0 fully saturated rings. The first-order valence-electron chi connectivity index (χ1n) is 5.85. The number of carbonyl (C=O) groups is 1. The fraction of sp³-hybridized carbons (Fsp3) is 0.133. The minimum atomic E-state index is -0.889. The van der Waals surface area contributed by atoms with Crippen LogP contribution in [0.2, 0.25) is 0 Å². The minimum absolute atomic E-state index is 0.0512. The molecule has 4 heteroatoms. The van der Waals surface area contributed by atoms with Crippen molar-refractivity contribution in [2.24, 2.45) is 0 Å². The van der Waals surface area contributed by atoms with Crippen molar-refractivity contribution in [3.8, 4) is 11.1 Å². The molecule has 19 heavy (non-hydrogen) atoms. The molecule has 3 rings (SSSR count). The van der Waals surface area contributed by atoms with E-state index in [1.165, 1.54) is 5.56 Å². The second-order valence-corrected chi connectivity index (χ2v) is 6.44. The van der Waals surface area contributed by atoms with Crippen LogP contribution in [0.3, 0.4) is 0 Å². The molecule has 1 N–H and O–H groups in total. The normalized spacial score (nSPS) is 20.5. The lowest BCUT2D eigenvalue weighted by Crippen LogP contribution is -2.14. The lowest BCUT2D eigenvalue weighted by molar-refractivity contribution is 0.0695. The first-order valence-corrected chi connectivity index (χ1v) is 7.68. The Hall–Kier alpha value is -1.13. The maximum absolute atomic E-state index is 11.4. The zero-order chi connectivity index (χ0) is 13.6. The topological polar surface area (TPSA) is 37.3 Å². The number of benzene rings is 2. The highest BCUT2D eigenvalue weighted by Gasteiger charge is 2.33. The van der Waals surface area contributed by atoms with Gasteiger partial charge < -0.3 is 5.11 Å². The number of halogens is 2. The number of hydrogen-bond acceptors (Lipinski definition) is 1. The van der Waals surface area contributed by atoms with Gasteiger partial charge in [-0.3, -0.25) is 0 Å². The second-order valence-electron chi connectivity index (χ2n) is 4.46. The van der Waals surface area contributed by atoms with E-state index >= 15 is 0 Å². The van der Waals surface area contributed by atoms with Crippen LogP contribution in [0, 0.1) is 0 Å². The summed E-state index contributed by atoms with van der Waals surface area (Å²) in [5.74, 6) is -0.889. The van der Waals surface area contributed by atoms with Gasteiger partial charge in [0.05, 0.1) is 15.2 Å². The van der Waals surface area contributed by atoms with E-state index in [0.717, 1.165) is 16.7 Å². The number of alkyl halides is 2. The molecule has 2 aromatic rings. The van der Waals surface area contributed by atoms with Crippen molar-refractivity contribution in [1.82, 2.24) is 0 Å². The van der Waals surface area contributed by atoms with Crippen LogP contribution in [0.15, 0.2) is 42.5 Å². The number of fused-ring (bicyclic) bond motifs is 3. The summed E-state index contributed by atoms with van der Waals surface area (Å²) in [5.41, 5.74) is 4.47. The van der Waals surface area contributed by atoms with Crippen molar-refractivity contribution >= 4 is 37.8 Å². The van der Waals surface area contributed by atoms with Gasteiger partial charge in [-0.25, -0.2) is 4.79 Å². The molecule has 0 spiro atoms. The molecule has 0 amide bonds. The predicted molar refractivity (Wildman–Crippen MR) is 82.2 cm³/mol. The molecule has 1 aliphatic rings. The SMILES string of the molecule is O=C(O)c1cccc2c1[C@@H](Br)[C@@H](Br)c1ccccc1-2. The highest BCUT2D eigenvalue weighted by atomic mass is 79.9. The van der Waals surface area contributed by atoms with Gasteiger partial charge >= 0.3 is 5.97 Å². The molecule has 2 nitrogen and oxygen atoms in total. The van der Waals surface area contributed by atoms with Gasteiger partial charge in [0, 0.05) is 0 Å². The van der Waals surface area contributed by atoms with Gasteiger partial charge in [0.2, 0.25) is 0 Å². The summed E-state index contributed by atoms with van der Waals surface area (Å²) < 4.78 is 0. The van der Waals surface area contributed by atoms with Gasteiger partial charge in [-0.15, -0.1) is 0 Å². The van der Waals surface area contributed by atoms with Gasteiger partial charge in [0.15, 0.2) is 0 Å². The van der Waals surface area contributed by atoms with Gasteiger partial charge in [0.1, 0.15) is 0 Å². The maximum Gasteiger partial charge on any atom is 0.336 e. The Kier molecular flexibility index (Phi) is 3.23. The van der Waals surface area contributed by atoms with Crippen molar-refractivity contribution in [1.29, 1.82) is 0 Å². The number of carboxylic acid groups (broad SMARTS) is 1. The van der Waals surface area contributed by atoms with Crippen LogP contribution >= 0.6 is 31.9 Å². The van der Waals surface area contributed by atoms with Gasteiger partial charge in [-0.05, 0) is 28.3 Å². The predicted octanol–water partition coefficient (Wildman–Crippen LogP) is 4.94. The third kappa shape index (κ3) is 1.94. The van der Waals surface area contributed by atoms with Gasteiger partial charge in [-0.1, -0.05) is 68.3 Å².